The third kappa shape index (κ3) is 6.59. The van der Waals surface area contributed by atoms with Crippen LogP contribution in [-0.4, -0.2) is 26.6 Å². The zero-order chi connectivity index (χ0) is 23.3. The molecule has 1 aromatic carbocycles. The summed E-state index contributed by atoms with van der Waals surface area (Å²) in [5.74, 6) is -0.656. The van der Waals surface area contributed by atoms with Gasteiger partial charge in [0.05, 0.1) is 39.6 Å². The summed E-state index contributed by atoms with van der Waals surface area (Å²) < 4.78 is 2.16. The van der Waals surface area contributed by atoms with Crippen LogP contribution in [0.3, 0.4) is 0 Å². The molecule has 168 valence electrons. The molecule has 1 atom stereocenters. The number of hydrogen-bond acceptors (Lipinski definition) is 6. The molecule has 2 heterocycles. The summed E-state index contributed by atoms with van der Waals surface area (Å²) in [5, 5.41) is 5.06. The van der Waals surface area contributed by atoms with E-state index in [-0.39, 0.29) is 35.6 Å². The lowest BCUT2D eigenvalue weighted by Gasteiger charge is -2.10. The number of thioether (sulfide) groups is 1. The van der Waals surface area contributed by atoms with Gasteiger partial charge in [0.15, 0.2) is 4.34 Å². The molecule has 0 saturated carbocycles. The number of rotatable bonds is 9. The van der Waals surface area contributed by atoms with E-state index >= 15 is 0 Å². The second kappa shape index (κ2) is 11.0. The second-order valence-electron chi connectivity index (χ2n) is 6.88. The summed E-state index contributed by atoms with van der Waals surface area (Å²) in [6.07, 6.45) is 2.24. The monoisotopic (exact) mass is 510 g/mol. The molecule has 0 aliphatic carbocycles. The van der Waals surface area contributed by atoms with Crippen molar-refractivity contribution in [3.63, 3.8) is 0 Å². The Morgan fingerprint density at radius 3 is 2.72 bits per heavy atom. The van der Waals surface area contributed by atoms with Crippen LogP contribution in [0.25, 0.3) is 0 Å². The van der Waals surface area contributed by atoms with Gasteiger partial charge in [0.1, 0.15) is 0 Å². The molecule has 0 fully saturated rings. The molecule has 2 amide bonds. The number of nitrogens with zero attached hydrogens (tertiary/aromatic N) is 2. The number of primary amides is 1. The van der Waals surface area contributed by atoms with Crippen molar-refractivity contribution in [1.82, 2.24) is 9.55 Å². The summed E-state index contributed by atoms with van der Waals surface area (Å²) >= 11 is 14.6. The predicted molar refractivity (Wildman–Crippen MR) is 130 cm³/mol. The standard InChI is InChI=1S/C21H20Cl2N4O3S2/c1-2-17(20(24)30)32-21-26-14(11-31-21)8-18(28)25-13-4-6-19(29)27(10-13)9-12-3-5-15(22)16(23)7-12/h3-7,10-11,17H,2,8-9H2,1H3,(H2,24,30)(H,25,28). The van der Waals surface area contributed by atoms with E-state index in [9.17, 15) is 14.4 Å². The second-order valence-corrected chi connectivity index (χ2v) is 10.0. The van der Waals surface area contributed by atoms with Crippen LogP contribution in [0.5, 0.6) is 0 Å². The molecular weight excluding hydrogens is 491 g/mol. The van der Waals surface area contributed by atoms with Gasteiger partial charge in [-0.2, -0.15) is 0 Å². The summed E-state index contributed by atoms with van der Waals surface area (Å²) in [7, 11) is 0. The number of carbonyl (C=O) groups is 2. The number of benzene rings is 1. The van der Waals surface area contributed by atoms with Gasteiger partial charge in [0, 0.05) is 17.6 Å². The van der Waals surface area contributed by atoms with Crippen LogP contribution in [0.15, 0.2) is 51.0 Å². The number of hydrogen-bond donors (Lipinski definition) is 2. The van der Waals surface area contributed by atoms with E-state index in [2.05, 4.69) is 10.3 Å². The Balaban J connectivity index is 1.64. The van der Waals surface area contributed by atoms with Crippen LogP contribution in [0.4, 0.5) is 5.69 Å². The zero-order valence-electron chi connectivity index (χ0n) is 17.0. The molecule has 0 saturated heterocycles. The van der Waals surface area contributed by atoms with E-state index in [1.165, 1.54) is 33.7 Å². The zero-order valence-corrected chi connectivity index (χ0v) is 20.2. The number of aromatic nitrogens is 2. The Kier molecular flexibility index (Phi) is 8.36. The van der Waals surface area contributed by atoms with Crippen molar-refractivity contribution in [2.45, 2.75) is 35.9 Å². The van der Waals surface area contributed by atoms with E-state index < -0.39 is 0 Å². The first kappa shape index (κ1) is 24.3. The highest BCUT2D eigenvalue weighted by Crippen LogP contribution is 2.28. The first-order valence-corrected chi connectivity index (χ1v) is 12.1. The highest BCUT2D eigenvalue weighted by molar-refractivity contribution is 8.02. The van der Waals surface area contributed by atoms with Crippen molar-refractivity contribution >= 4 is 63.8 Å². The van der Waals surface area contributed by atoms with Crippen molar-refractivity contribution < 1.29 is 9.59 Å². The molecule has 1 unspecified atom stereocenters. The maximum atomic E-state index is 12.5. The highest BCUT2D eigenvalue weighted by atomic mass is 35.5. The van der Waals surface area contributed by atoms with Crippen molar-refractivity contribution in [1.29, 1.82) is 0 Å². The van der Waals surface area contributed by atoms with Crippen LogP contribution < -0.4 is 16.6 Å². The normalized spacial score (nSPS) is 11.8. The van der Waals surface area contributed by atoms with Crippen LogP contribution in [0.2, 0.25) is 10.0 Å². The molecule has 0 aliphatic rings. The Morgan fingerprint density at radius 1 is 1.25 bits per heavy atom. The number of halogens is 2. The van der Waals surface area contributed by atoms with Crippen LogP contribution in [-0.2, 0) is 22.6 Å². The summed E-state index contributed by atoms with van der Waals surface area (Å²) in [6.45, 7) is 2.16. The lowest BCUT2D eigenvalue weighted by molar-refractivity contribution is -0.117. The maximum Gasteiger partial charge on any atom is 0.250 e. The SMILES string of the molecule is CCC(Sc1nc(CC(=O)Nc2ccc(=O)n(Cc3ccc(Cl)c(Cl)c3)c2)cs1)C(N)=O. The van der Waals surface area contributed by atoms with Crippen molar-refractivity contribution in [3.8, 4) is 0 Å². The van der Waals surface area contributed by atoms with Gasteiger partial charge in [-0.3, -0.25) is 14.4 Å². The van der Waals surface area contributed by atoms with E-state index in [0.29, 0.717) is 32.2 Å². The van der Waals surface area contributed by atoms with E-state index in [0.717, 1.165) is 5.56 Å². The number of amides is 2. The number of nitrogens with two attached hydrogens (primary N) is 1. The topological polar surface area (TPSA) is 107 Å². The predicted octanol–water partition coefficient (Wildman–Crippen LogP) is 4.20. The van der Waals surface area contributed by atoms with Gasteiger partial charge in [-0.05, 0) is 30.2 Å². The fraction of sp³-hybridized carbons (Fsp3) is 0.238. The average Bonchev–Trinajstić information content (AvgIpc) is 3.18. The van der Waals surface area contributed by atoms with Crippen molar-refractivity contribution in [2.24, 2.45) is 5.73 Å². The van der Waals surface area contributed by atoms with E-state index in [1.807, 2.05) is 6.92 Å². The fourth-order valence-electron chi connectivity index (χ4n) is 2.82. The molecule has 32 heavy (non-hydrogen) atoms. The number of nitrogens with one attached hydrogen (secondary N) is 1. The van der Waals surface area contributed by atoms with Gasteiger partial charge in [-0.15, -0.1) is 11.3 Å². The lowest BCUT2D eigenvalue weighted by atomic mass is 10.2. The first-order chi connectivity index (χ1) is 15.2. The number of carbonyl (C=O) groups excluding carboxylic acids is 2. The van der Waals surface area contributed by atoms with Gasteiger partial charge in [-0.25, -0.2) is 4.98 Å². The van der Waals surface area contributed by atoms with Gasteiger partial charge in [0.25, 0.3) is 5.56 Å². The minimum atomic E-state index is -0.386. The van der Waals surface area contributed by atoms with Gasteiger partial charge < -0.3 is 15.6 Å². The summed E-state index contributed by atoms with van der Waals surface area (Å²) in [4.78, 5) is 40.5. The van der Waals surface area contributed by atoms with Crippen LogP contribution >= 0.6 is 46.3 Å². The Hall–Kier alpha value is -2.33. The minimum Gasteiger partial charge on any atom is -0.369 e. The third-order valence-corrected chi connectivity index (χ3v) is 7.55. The molecule has 2 aromatic heterocycles. The molecule has 0 radical (unpaired) electrons. The van der Waals surface area contributed by atoms with Gasteiger partial charge in [0.2, 0.25) is 11.8 Å². The summed E-state index contributed by atoms with van der Waals surface area (Å²) in [6, 6.07) is 8.08. The number of thiazole rings is 1. The number of pyridine rings is 1. The molecule has 0 spiro atoms. The van der Waals surface area contributed by atoms with Crippen molar-refractivity contribution in [3.05, 3.63) is 73.6 Å². The molecule has 3 rings (SSSR count). The Labute approximate surface area is 202 Å². The maximum absolute atomic E-state index is 12.5. The molecule has 0 aliphatic heterocycles. The number of anilines is 1. The van der Waals surface area contributed by atoms with Crippen molar-refractivity contribution in [2.75, 3.05) is 5.32 Å². The fourth-order valence-corrected chi connectivity index (χ4v) is 5.10. The molecular formula is C21H20Cl2N4O3S2. The first-order valence-electron chi connectivity index (χ1n) is 9.59. The Bertz CT molecular complexity index is 1200. The molecule has 7 nitrogen and oxygen atoms in total. The largest absolute Gasteiger partial charge is 0.369 e. The highest BCUT2D eigenvalue weighted by Gasteiger charge is 2.17. The molecule has 0 bridgehead atoms. The third-order valence-electron chi connectivity index (χ3n) is 4.41. The van der Waals surface area contributed by atoms with Crippen LogP contribution in [0.1, 0.15) is 24.6 Å². The molecule has 11 heteroatoms. The van der Waals surface area contributed by atoms with Gasteiger partial charge >= 0.3 is 0 Å². The Morgan fingerprint density at radius 2 is 2.03 bits per heavy atom. The smallest absolute Gasteiger partial charge is 0.250 e. The lowest BCUT2D eigenvalue weighted by Crippen LogP contribution is -2.24. The minimum absolute atomic E-state index is 0.0658. The summed E-state index contributed by atoms with van der Waals surface area (Å²) in [5.41, 5.74) is 7.04. The molecule has 3 aromatic rings. The van der Waals surface area contributed by atoms with E-state index in [4.69, 9.17) is 28.9 Å². The average molecular weight is 511 g/mol. The van der Waals surface area contributed by atoms with E-state index in [1.54, 1.807) is 35.8 Å². The molecule has 3 N–H and O–H groups in total. The van der Waals surface area contributed by atoms with Gasteiger partial charge in [-0.1, -0.05) is 48.0 Å². The van der Waals surface area contributed by atoms with Crippen LogP contribution in [0, 0.1) is 0 Å². The quantitative estimate of drug-likeness (QED) is 0.419.